The minimum atomic E-state index is -4.50. The Labute approximate surface area is 220 Å². The van der Waals surface area contributed by atoms with Crippen LogP contribution in [0.4, 0.5) is 19.0 Å². The summed E-state index contributed by atoms with van der Waals surface area (Å²) in [6, 6.07) is 4.07. The van der Waals surface area contributed by atoms with Crippen LogP contribution < -0.4 is 10.2 Å². The number of hydrogen-bond acceptors (Lipinski definition) is 7. The Kier molecular flexibility index (Phi) is 6.64. The Bertz CT molecular complexity index is 1050. The van der Waals surface area contributed by atoms with Gasteiger partial charge in [-0.25, -0.2) is 4.98 Å². The summed E-state index contributed by atoms with van der Waals surface area (Å²) in [5.41, 5.74) is -2.73. The number of anilines is 1. The average molecular weight is 539 g/mol. The number of fused-ring (bicyclic) bond motifs is 2. The number of amides is 1. The Morgan fingerprint density at radius 3 is 2.68 bits per heavy atom. The van der Waals surface area contributed by atoms with Crippen LogP contribution in [0.15, 0.2) is 18.2 Å². The van der Waals surface area contributed by atoms with Gasteiger partial charge in [0.05, 0.1) is 35.8 Å². The number of ether oxygens (including phenoxy) is 2. The molecule has 2 aliphatic carbocycles. The van der Waals surface area contributed by atoms with Crippen molar-refractivity contribution in [3.05, 3.63) is 23.9 Å². The molecule has 1 amide bonds. The number of nitrogens with one attached hydrogen (secondary N) is 1. The Morgan fingerprint density at radius 1 is 1.21 bits per heavy atom. The molecule has 8 nitrogen and oxygen atoms in total. The lowest BCUT2D eigenvalue weighted by atomic mass is 9.59. The highest BCUT2D eigenvalue weighted by molar-refractivity contribution is 5.86. The molecule has 3 aliphatic heterocycles. The van der Waals surface area contributed by atoms with E-state index in [-0.39, 0.29) is 36.2 Å². The van der Waals surface area contributed by atoms with E-state index in [2.05, 4.69) is 10.3 Å². The van der Waals surface area contributed by atoms with Gasteiger partial charge < -0.3 is 29.7 Å². The molecule has 5 fully saturated rings. The Balaban J connectivity index is 1.17. The summed E-state index contributed by atoms with van der Waals surface area (Å²) in [5.74, 6) is 0.324. The number of likely N-dealkylation sites (tertiary alicyclic amines) is 1. The number of aromatic nitrogens is 1. The number of piperazine rings is 1. The van der Waals surface area contributed by atoms with Gasteiger partial charge in [0.25, 0.3) is 0 Å². The van der Waals surface area contributed by atoms with E-state index in [0.717, 1.165) is 25.3 Å². The molecule has 6 atom stereocenters. The highest BCUT2D eigenvalue weighted by Crippen LogP contribution is 2.57. The van der Waals surface area contributed by atoms with E-state index in [9.17, 15) is 23.1 Å². The third kappa shape index (κ3) is 4.30. The second kappa shape index (κ2) is 9.60. The normalized spacial score (nSPS) is 36.5. The molecule has 2 bridgehead atoms. The predicted molar refractivity (Wildman–Crippen MR) is 133 cm³/mol. The fourth-order valence-electron chi connectivity index (χ4n) is 7.64. The van der Waals surface area contributed by atoms with Crippen LogP contribution in [0.1, 0.15) is 57.1 Å². The predicted octanol–water partition coefficient (Wildman–Crippen LogP) is 2.74. The lowest BCUT2D eigenvalue weighted by Crippen LogP contribution is -2.63. The molecular weight excluding hydrogens is 501 g/mol. The SMILES string of the molecule is CO[C@@H]1COCC[C@@H]1N[C@@H]1CC[C@@](C(=O)N2C[C@@H]3C[C@H]2CN3c2cccc(C(F)(F)F)n2)(C2(O)CCC2)C1. The first kappa shape index (κ1) is 26.3. The van der Waals surface area contributed by atoms with Gasteiger partial charge in [-0.3, -0.25) is 4.79 Å². The monoisotopic (exact) mass is 538 g/mol. The topological polar surface area (TPSA) is 87.2 Å². The Morgan fingerprint density at radius 2 is 2.03 bits per heavy atom. The number of aliphatic hydroxyl groups is 1. The molecule has 210 valence electrons. The lowest BCUT2D eigenvalue weighted by Gasteiger charge is -2.52. The zero-order valence-electron chi connectivity index (χ0n) is 21.8. The first-order chi connectivity index (χ1) is 18.1. The second-order valence-electron chi connectivity index (χ2n) is 11.8. The number of halogens is 3. The highest BCUT2D eigenvalue weighted by Gasteiger charge is 2.64. The molecule has 0 radical (unpaired) electrons. The van der Waals surface area contributed by atoms with Gasteiger partial charge in [-0.15, -0.1) is 0 Å². The number of hydrogen-bond donors (Lipinski definition) is 2. The first-order valence-electron chi connectivity index (χ1n) is 13.8. The third-order valence-electron chi connectivity index (χ3n) is 9.87. The van der Waals surface area contributed by atoms with Crippen LogP contribution in [0.5, 0.6) is 0 Å². The van der Waals surface area contributed by atoms with E-state index in [4.69, 9.17) is 9.47 Å². The van der Waals surface area contributed by atoms with Crippen molar-refractivity contribution in [1.82, 2.24) is 15.2 Å². The summed E-state index contributed by atoms with van der Waals surface area (Å²) in [4.78, 5) is 22.0. The van der Waals surface area contributed by atoms with E-state index in [1.807, 2.05) is 9.80 Å². The van der Waals surface area contributed by atoms with Gasteiger partial charge in [0.1, 0.15) is 11.5 Å². The van der Waals surface area contributed by atoms with Crippen LogP contribution in [-0.2, 0) is 20.4 Å². The van der Waals surface area contributed by atoms with Crippen LogP contribution in [0.3, 0.4) is 0 Å². The van der Waals surface area contributed by atoms with Gasteiger partial charge >= 0.3 is 6.18 Å². The van der Waals surface area contributed by atoms with E-state index < -0.39 is 22.9 Å². The van der Waals surface area contributed by atoms with Gasteiger partial charge in [0.15, 0.2) is 0 Å². The summed E-state index contributed by atoms with van der Waals surface area (Å²) < 4.78 is 50.8. The van der Waals surface area contributed by atoms with E-state index in [1.54, 1.807) is 13.2 Å². The van der Waals surface area contributed by atoms with Crippen LogP contribution in [-0.4, -0.2) is 90.2 Å². The maximum Gasteiger partial charge on any atom is 0.433 e. The molecular formula is C27H37F3N4O4. The minimum absolute atomic E-state index is 0.0171. The number of methoxy groups -OCH3 is 1. The van der Waals surface area contributed by atoms with Crippen LogP contribution in [0.2, 0.25) is 0 Å². The third-order valence-corrected chi connectivity index (χ3v) is 9.87. The smallest absolute Gasteiger partial charge is 0.389 e. The minimum Gasteiger partial charge on any atom is -0.389 e. The summed E-state index contributed by atoms with van der Waals surface area (Å²) in [5, 5.41) is 15.4. The summed E-state index contributed by atoms with van der Waals surface area (Å²) in [6.07, 6.45) is 1.22. The molecule has 11 heteroatoms. The van der Waals surface area contributed by atoms with E-state index in [0.29, 0.717) is 64.2 Å². The van der Waals surface area contributed by atoms with Gasteiger partial charge in [0, 0.05) is 38.9 Å². The molecule has 0 aromatic carbocycles. The standard InChI is InChI=1S/C27H37F3N4O4/c1-37-21-16-38-11-7-20(21)31-17-6-10-25(13-17,26(36)8-3-9-26)24(35)34-15-18-12-19(34)14-33(18)23-5-2-4-22(32-23)27(28,29)30/h2,4-5,17-21,31,36H,3,6-16H2,1H3/t17-,18+,19+,20+,21-,25-/m1/s1. The quantitative estimate of drug-likeness (QED) is 0.576. The molecule has 0 unspecified atom stereocenters. The highest BCUT2D eigenvalue weighted by atomic mass is 19.4. The zero-order valence-corrected chi connectivity index (χ0v) is 21.8. The van der Waals surface area contributed by atoms with Gasteiger partial charge in [-0.2, -0.15) is 13.2 Å². The van der Waals surface area contributed by atoms with Gasteiger partial charge in [-0.1, -0.05) is 6.07 Å². The maximum atomic E-state index is 14.3. The summed E-state index contributed by atoms with van der Waals surface area (Å²) in [7, 11) is 1.69. The fourth-order valence-corrected chi connectivity index (χ4v) is 7.64. The molecule has 38 heavy (non-hydrogen) atoms. The second-order valence-corrected chi connectivity index (χ2v) is 11.8. The number of nitrogens with zero attached hydrogens (tertiary/aromatic N) is 3. The molecule has 1 aromatic rings. The van der Waals surface area contributed by atoms with Crippen molar-refractivity contribution in [2.45, 2.75) is 93.4 Å². The van der Waals surface area contributed by atoms with Crippen molar-refractivity contribution in [3.63, 3.8) is 0 Å². The van der Waals surface area contributed by atoms with Crippen LogP contribution in [0, 0.1) is 5.41 Å². The summed E-state index contributed by atoms with van der Waals surface area (Å²) in [6.45, 7) is 2.12. The van der Waals surface area contributed by atoms with E-state index >= 15 is 0 Å². The lowest BCUT2D eigenvalue weighted by molar-refractivity contribution is -0.178. The fraction of sp³-hybridized carbons (Fsp3) is 0.778. The van der Waals surface area contributed by atoms with Crippen LogP contribution in [0.25, 0.3) is 0 Å². The van der Waals surface area contributed by atoms with Crippen molar-refractivity contribution >= 4 is 11.7 Å². The molecule has 6 rings (SSSR count). The van der Waals surface area contributed by atoms with E-state index in [1.165, 1.54) is 6.07 Å². The molecule has 4 heterocycles. The number of carbonyl (C=O) groups is 1. The molecule has 2 N–H and O–H groups in total. The van der Waals surface area contributed by atoms with Crippen molar-refractivity contribution in [2.75, 3.05) is 38.3 Å². The molecule has 1 aromatic heterocycles. The van der Waals surface area contributed by atoms with Crippen molar-refractivity contribution in [1.29, 1.82) is 0 Å². The van der Waals surface area contributed by atoms with Crippen molar-refractivity contribution < 1.29 is 32.5 Å². The molecule has 0 spiro atoms. The molecule has 3 saturated heterocycles. The first-order valence-corrected chi connectivity index (χ1v) is 13.8. The van der Waals surface area contributed by atoms with Crippen molar-refractivity contribution in [3.8, 4) is 0 Å². The number of alkyl halides is 3. The number of carbonyl (C=O) groups excluding carboxylic acids is 1. The largest absolute Gasteiger partial charge is 0.433 e. The number of pyridine rings is 1. The van der Waals surface area contributed by atoms with Gasteiger partial charge in [-0.05, 0) is 63.5 Å². The van der Waals surface area contributed by atoms with Crippen molar-refractivity contribution in [2.24, 2.45) is 5.41 Å². The average Bonchev–Trinajstić information content (AvgIpc) is 3.62. The number of rotatable bonds is 6. The molecule has 2 saturated carbocycles. The zero-order chi connectivity index (χ0) is 26.7. The Hall–Kier alpha value is -1.95. The van der Waals surface area contributed by atoms with Crippen LogP contribution >= 0.6 is 0 Å². The van der Waals surface area contributed by atoms with Gasteiger partial charge in [0.2, 0.25) is 5.91 Å². The molecule has 5 aliphatic rings. The maximum absolute atomic E-state index is 14.3. The summed E-state index contributed by atoms with van der Waals surface area (Å²) >= 11 is 0.